The van der Waals surface area contributed by atoms with Gasteiger partial charge in [0.1, 0.15) is 0 Å². The monoisotopic (exact) mass is 277 g/mol. The maximum absolute atomic E-state index is 10.6. The highest BCUT2D eigenvalue weighted by Gasteiger charge is 2.33. The van der Waals surface area contributed by atoms with Gasteiger partial charge in [0.25, 0.3) is 0 Å². The van der Waals surface area contributed by atoms with Crippen molar-refractivity contribution in [2.75, 3.05) is 14.1 Å². The third kappa shape index (κ3) is 3.83. The molecule has 0 radical (unpaired) electrons. The zero-order valence-corrected chi connectivity index (χ0v) is 14.2. The van der Waals surface area contributed by atoms with Crippen LogP contribution in [0.3, 0.4) is 0 Å². The van der Waals surface area contributed by atoms with E-state index in [9.17, 15) is 5.11 Å². The van der Waals surface area contributed by atoms with Crippen LogP contribution in [-0.4, -0.2) is 35.7 Å². The van der Waals surface area contributed by atoms with Crippen LogP contribution in [0.4, 0.5) is 0 Å². The topological polar surface area (TPSA) is 23.5 Å². The Bertz CT molecular complexity index is 416. The molecule has 1 aromatic rings. The number of nitrogens with zero attached hydrogens (tertiary/aromatic N) is 1. The lowest BCUT2D eigenvalue weighted by Gasteiger charge is -2.40. The van der Waals surface area contributed by atoms with Gasteiger partial charge in [0.15, 0.2) is 0 Å². The molecule has 1 N–H and O–H groups in total. The van der Waals surface area contributed by atoms with E-state index >= 15 is 0 Å². The second-order valence-electron chi connectivity index (χ2n) is 7.27. The van der Waals surface area contributed by atoms with Crippen molar-refractivity contribution in [3.8, 4) is 0 Å². The van der Waals surface area contributed by atoms with Crippen molar-refractivity contribution >= 4 is 0 Å². The van der Waals surface area contributed by atoms with Gasteiger partial charge in [0, 0.05) is 12.0 Å². The highest BCUT2D eigenvalue weighted by atomic mass is 16.3. The van der Waals surface area contributed by atoms with E-state index in [1.165, 1.54) is 11.1 Å². The van der Waals surface area contributed by atoms with E-state index in [-0.39, 0.29) is 17.1 Å². The number of hydrogen-bond acceptors (Lipinski definition) is 2. The molecule has 0 spiro atoms. The number of benzene rings is 1. The summed E-state index contributed by atoms with van der Waals surface area (Å²) in [6, 6.07) is 8.66. The van der Waals surface area contributed by atoms with Gasteiger partial charge < -0.3 is 10.0 Å². The minimum absolute atomic E-state index is 0.178. The van der Waals surface area contributed by atoms with Crippen molar-refractivity contribution in [2.45, 2.75) is 64.5 Å². The van der Waals surface area contributed by atoms with Crippen molar-refractivity contribution in [1.29, 1.82) is 0 Å². The average Bonchev–Trinajstić information content (AvgIpc) is 2.36. The molecule has 20 heavy (non-hydrogen) atoms. The number of aliphatic hydroxyl groups excluding tert-OH is 1. The van der Waals surface area contributed by atoms with Crippen molar-refractivity contribution < 1.29 is 5.11 Å². The Morgan fingerprint density at radius 2 is 1.55 bits per heavy atom. The summed E-state index contributed by atoms with van der Waals surface area (Å²) in [4.78, 5) is 2.13. The second-order valence-corrected chi connectivity index (χ2v) is 7.27. The van der Waals surface area contributed by atoms with Crippen LogP contribution in [0.5, 0.6) is 0 Å². The molecule has 2 atom stereocenters. The number of aliphatic hydroxyl groups is 1. The van der Waals surface area contributed by atoms with Gasteiger partial charge in [-0.05, 0) is 44.0 Å². The molecule has 0 aliphatic rings. The zero-order chi connectivity index (χ0) is 15.6. The van der Waals surface area contributed by atoms with E-state index in [1.54, 1.807) is 0 Å². The van der Waals surface area contributed by atoms with Crippen molar-refractivity contribution in [3.05, 3.63) is 35.4 Å². The van der Waals surface area contributed by atoms with Crippen LogP contribution in [-0.2, 0) is 11.8 Å². The van der Waals surface area contributed by atoms with E-state index in [1.807, 2.05) is 14.1 Å². The lowest BCUT2D eigenvalue weighted by atomic mass is 9.84. The summed E-state index contributed by atoms with van der Waals surface area (Å²) < 4.78 is 0. The predicted octanol–water partition coefficient (Wildman–Crippen LogP) is 3.62. The van der Waals surface area contributed by atoms with Gasteiger partial charge in [-0.3, -0.25) is 0 Å². The Morgan fingerprint density at radius 1 is 1.05 bits per heavy atom. The molecular weight excluding hydrogens is 246 g/mol. The summed E-state index contributed by atoms with van der Waals surface area (Å²) in [7, 11) is 4.07. The molecule has 1 aromatic carbocycles. The van der Waals surface area contributed by atoms with Gasteiger partial charge >= 0.3 is 0 Å². The zero-order valence-electron chi connectivity index (χ0n) is 14.2. The molecule has 0 aliphatic carbocycles. The van der Waals surface area contributed by atoms with Crippen LogP contribution in [0.2, 0.25) is 0 Å². The van der Waals surface area contributed by atoms with Gasteiger partial charge in [-0.2, -0.15) is 0 Å². The van der Waals surface area contributed by atoms with Crippen molar-refractivity contribution in [1.82, 2.24) is 4.90 Å². The molecule has 0 saturated heterocycles. The number of rotatable bonds is 5. The van der Waals surface area contributed by atoms with Gasteiger partial charge in [0.05, 0.1) is 6.10 Å². The summed E-state index contributed by atoms with van der Waals surface area (Å²) in [5.74, 6) is 0. The minimum Gasteiger partial charge on any atom is -0.391 e. The first-order valence-corrected chi connectivity index (χ1v) is 7.56. The number of likely N-dealkylation sites (N-methyl/N-ethyl adjacent to an activating group) is 1. The fourth-order valence-corrected chi connectivity index (χ4v) is 2.43. The molecular formula is C18H31NO. The van der Waals surface area contributed by atoms with E-state index < -0.39 is 0 Å². The van der Waals surface area contributed by atoms with Crippen molar-refractivity contribution in [3.63, 3.8) is 0 Å². The molecule has 0 fully saturated rings. The smallest absolute Gasteiger partial charge is 0.0761 e. The first kappa shape index (κ1) is 17.2. The minimum atomic E-state index is -0.358. The van der Waals surface area contributed by atoms with Gasteiger partial charge in [0.2, 0.25) is 0 Å². The Kier molecular flexibility index (Phi) is 5.39. The van der Waals surface area contributed by atoms with E-state index in [2.05, 4.69) is 63.8 Å². The quantitative estimate of drug-likeness (QED) is 0.888. The van der Waals surface area contributed by atoms with Gasteiger partial charge in [-0.15, -0.1) is 0 Å². The van der Waals surface area contributed by atoms with Gasteiger partial charge in [-0.25, -0.2) is 0 Å². The first-order chi connectivity index (χ1) is 9.11. The maximum atomic E-state index is 10.6. The molecule has 0 heterocycles. The van der Waals surface area contributed by atoms with E-state index in [4.69, 9.17) is 0 Å². The molecule has 1 rings (SSSR count). The SMILES string of the molecule is CCC(C)(C(O)Cc1ccc(C(C)(C)C)cc1)N(C)C. The Hall–Kier alpha value is -0.860. The molecule has 0 saturated carbocycles. The van der Waals surface area contributed by atoms with Crippen LogP contribution in [0.1, 0.15) is 52.2 Å². The fourth-order valence-electron chi connectivity index (χ4n) is 2.43. The summed E-state index contributed by atoms with van der Waals surface area (Å²) in [5.41, 5.74) is 2.54. The Labute approximate surface area is 124 Å². The van der Waals surface area contributed by atoms with Crippen molar-refractivity contribution in [2.24, 2.45) is 0 Å². The Balaban J connectivity index is 2.84. The average molecular weight is 277 g/mol. The summed E-state index contributed by atoms with van der Waals surface area (Å²) >= 11 is 0. The fraction of sp³-hybridized carbons (Fsp3) is 0.667. The van der Waals surface area contributed by atoms with Crippen LogP contribution in [0, 0.1) is 0 Å². The van der Waals surface area contributed by atoms with Crippen LogP contribution in [0.25, 0.3) is 0 Å². The molecule has 0 aromatic heterocycles. The lowest BCUT2D eigenvalue weighted by molar-refractivity contribution is 0.00301. The van der Waals surface area contributed by atoms with Gasteiger partial charge in [-0.1, -0.05) is 52.0 Å². The number of hydrogen-bond donors (Lipinski definition) is 1. The molecule has 114 valence electrons. The van der Waals surface area contributed by atoms with Crippen LogP contribution in [0.15, 0.2) is 24.3 Å². The third-order valence-electron chi connectivity index (χ3n) is 4.70. The normalized spacial score (nSPS) is 17.1. The summed E-state index contributed by atoms with van der Waals surface area (Å²) in [6.45, 7) is 10.9. The standard InChI is InChI=1S/C18H31NO/c1-8-18(5,19(6)7)16(20)13-14-9-11-15(12-10-14)17(2,3)4/h9-12,16,20H,8,13H2,1-7H3. The van der Waals surface area contributed by atoms with E-state index in [0.29, 0.717) is 6.42 Å². The summed E-state index contributed by atoms with van der Waals surface area (Å²) in [6.07, 6.45) is 1.27. The molecule has 0 bridgehead atoms. The third-order valence-corrected chi connectivity index (χ3v) is 4.70. The largest absolute Gasteiger partial charge is 0.391 e. The van der Waals surface area contributed by atoms with E-state index in [0.717, 1.165) is 6.42 Å². The lowest BCUT2D eigenvalue weighted by Crippen LogP contribution is -2.51. The molecule has 0 amide bonds. The summed E-state index contributed by atoms with van der Waals surface area (Å²) in [5, 5.41) is 10.6. The predicted molar refractivity (Wildman–Crippen MR) is 87.2 cm³/mol. The highest BCUT2D eigenvalue weighted by molar-refractivity contribution is 5.28. The second kappa shape index (κ2) is 6.28. The Morgan fingerprint density at radius 3 is 1.90 bits per heavy atom. The maximum Gasteiger partial charge on any atom is 0.0761 e. The molecule has 2 unspecified atom stereocenters. The van der Waals surface area contributed by atoms with Crippen LogP contribution < -0.4 is 0 Å². The first-order valence-electron chi connectivity index (χ1n) is 7.56. The highest BCUT2D eigenvalue weighted by Crippen LogP contribution is 2.26. The molecule has 2 nitrogen and oxygen atoms in total. The van der Waals surface area contributed by atoms with Crippen LogP contribution >= 0.6 is 0 Å². The molecule has 2 heteroatoms. The molecule has 0 aliphatic heterocycles.